The normalized spacial score (nSPS) is 22.4. The van der Waals surface area contributed by atoms with E-state index in [4.69, 9.17) is 0 Å². The molecule has 0 spiro atoms. The van der Waals surface area contributed by atoms with E-state index in [1.807, 2.05) is 4.57 Å². The van der Waals surface area contributed by atoms with Gasteiger partial charge in [0, 0.05) is 11.8 Å². The smallest absolute Gasteiger partial charge is 0.213 e. The van der Waals surface area contributed by atoms with Crippen LogP contribution in [0, 0.1) is 5.95 Å². The van der Waals surface area contributed by atoms with Crippen LogP contribution in [0.2, 0.25) is 0 Å². The Labute approximate surface area is 128 Å². The minimum atomic E-state index is -1.05. The summed E-state index contributed by atoms with van der Waals surface area (Å²) >= 11 is 0. The first-order chi connectivity index (χ1) is 10.7. The highest BCUT2D eigenvalue weighted by molar-refractivity contribution is 5.67. The summed E-state index contributed by atoms with van der Waals surface area (Å²) in [7, 11) is 0. The van der Waals surface area contributed by atoms with Crippen LogP contribution in [0.15, 0.2) is 24.8 Å². The van der Waals surface area contributed by atoms with E-state index in [1.54, 1.807) is 18.7 Å². The number of hydrogen-bond donors (Lipinski definition) is 0. The second-order valence-electron chi connectivity index (χ2n) is 6.55. The van der Waals surface area contributed by atoms with Gasteiger partial charge in [0.05, 0.1) is 24.3 Å². The average molecular weight is 303 g/mol. The summed E-state index contributed by atoms with van der Waals surface area (Å²) in [6.07, 6.45) is 10.7. The van der Waals surface area contributed by atoms with Crippen LogP contribution < -0.4 is 0 Å². The third-order valence-corrected chi connectivity index (χ3v) is 5.15. The molecule has 3 heterocycles. The molecule has 0 N–H and O–H groups in total. The topological polar surface area (TPSA) is 30.7 Å². The lowest BCUT2D eigenvalue weighted by atomic mass is 9.82. The zero-order valence-electron chi connectivity index (χ0n) is 12.4. The highest BCUT2D eigenvalue weighted by Gasteiger charge is 2.35. The first-order valence-corrected chi connectivity index (χ1v) is 8.03. The molecule has 4 rings (SSSR count). The first kappa shape index (κ1) is 13.9. The molecule has 0 amide bonds. The molecule has 1 aliphatic heterocycles. The van der Waals surface area contributed by atoms with Gasteiger partial charge in [-0.1, -0.05) is 19.3 Å². The molecule has 2 aromatic rings. The Hall–Kier alpha value is -1.78. The van der Waals surface area contributed by atoms with Crippen molar-refractivity contribution in [2.75, 3.05) is 0 Å². The molecule has 1 atom stereocenters. The fourth-order valence-electron chi connectivity index (χ4n) is 3.97. The van der Waals surface area contributed by atoms with Gasteiger partial charge in [-0.25, -0.2) is 14.4 Å². The van der Waals surface area contributed by atoms with Crippen molar-refractivity contribution >= 4 is 0 Å². The molecule has 3 nitrogen and oxygen atoms in total. The molecule has 2 aromatic heterocycles. The van der Waals surface area contributed by atoms with E-state index in [0.29, 0.717) is 25.7 Å². The predicted molar refractivity (Wildman–Crippen MR) is 79.7 cm³/mol. The Balaban J connectivity index is 1.61. The molecule has 0 bridgehead atoms. The number of hydrogen-bond acceptors (Lipinski definition) is 2. The van der Waals surface area contributed by atoms with E-state index in [9.17, 15) is 8.78 Å². The number of alkyl halides is 1. The van der Waals surface area contributed by atoms with Gasteiger partial charge in [-0.15, -0.1) is 0 Å². The zero-order valence-corrected chi connectivity index (χ0v) is 12.4. The Morgan fingerprint density at radius 2 is 2.05 bits per heavy atom. The van der Waals surface area contributed by atoms with Gasteiger partial charge in [-0.3, -0.25) is 0 Å². The molecule has 116 valence electrons. The molecule has 1 unspecified atom stereocenters. The van der Waals surface area contributed by atoms with E-state index < -0.39 is 11.6 Å². The SMILES string of the molecule is Fc1cc2c(cn1)-c1cncn1C2CCC1(F)CCCCC1. The monoisotopic (exact) mass is 303 g/mol. The van der Waals surface area contributed by atoms with E-state index in [1.165, 1.54) is 6.07 Å². The molecule has 1 saturated carbocycles. The minimum absolute atomic E-state index is 0.0282. The van der Waals surface area contributed by atoms with Crippen molar-refractivity contribution in [2.45, 2.75) is 56.7 Å². The second kappa shape index (κ2) is 5.14. The van der Waals surface area contributed by atoms with E-state index in [2.05, 4.69) is 9.97 Å². The second-order valence-corrected chi connectivity index (χ2v) is 6.55. The number of halogens is 2. The van der Waals surface area contributed by atoms with Crippen molar-refractivity contribution in [1.82, 2.24) is 14.5 Å². The fraction of sp³-hybridized carbons (Fsp3) is 0.529. The lowest BCUT2D eigenvalue weighted by molar-refractivity contribution is 0.0903. The van der Waals surface area contributed by atoms with Gasteiger partial charge in [0.15, 0.2) is 0 Å². The summed E-state index contributed by atoms with van der Waals surface area (Å²) in [4.78, 5) is 7.92. The van der Waals surface area contributed by atoms with Gasteiger partial charge < -0.3 is 4.57 Å². The van der Waals surface area contributed by atoms with Crippen molar-refractivity contribution in [3.63, 3.8) is 0 Å². The van der Waals surface area contributed by atoms with Gasteiger partial charge in [0.1, 0.15) is 5.67 Å². The first-order valence-electron chi connectivity index (χ1n) is 8.03. The van der Waals surface area contributed by atoms with Gasteiger partial charge >= 0.3 is 0 Å². The molecule has 5 heteroatoms. The lowest BCUT2D eigenvalue weighted by Gasteiger charge is -2.30. The third kappa shape index (κ3) is 2.23. The largest absolute Gasteiger partial charge is 0.323 e. The van der Waals surface area contributed by atoms with E-state index >= 15 is 0 Å². The molecule has 2 aliphatic rings. The summed E-state index contributed by atoms with van der Waals surface area (Å²) in [5, 5.41) is 0. The van der Waals surface area contributed by atoms with Gasteiger partial charge in [-0.2, -0.15) is 4.39 Å². The summed E-state index contributed by atoms with van der Waals surface area (Å²) in [5.41, 5.74) is 1.72. The molecule has 0 aromatic carbocycles. The highest BCUT2D eigenvalue weighted by Crippen LogP contribution is 2.44. The van der Waals surface area contributed by atoms with Crippen LogP contribution in [0.3, 0.4) is 0 Å². The Morgan fingerprint density at radius 1 is 1.23 bits per heavy atom. The number of fused-ring (bicyclic) bond motifs is 3. The summed E-state index contributed by atoms with van der Waals surface area (Å²) in [6.45, 7) is 0. The molecule has 1 fully saturated rings. The van der Waals surface area contributed by atoms with Crippen molar-refractivity contribution in [2.24, 2.45) is 0 Å². The zero-order chi connectivity index (χ0) is 15.2. The van der Waals surface area contributed by atoms with Crippen molar-refractivity contribution in [3.8, 4) is 11.3 Å². The Kier molecular flexibility index (Phi) is 3.24. The van der Waals surface area contributed by atoms with Crippen LogP contribution in [0.4, 0.5) is 8.78 Å². The van der Waals surface area contributed by atoms with Crippen LogP contribution in [-0.2, 0) is 0 Å². The van der Waals surface area contributed by atoms with Crippen LogP contribution in [0.25, 0.3) is 11.3 Å². The van der Waals surface area contributed by atoms with Gasteiger partial charge in [0.25, 0.3) is 0 Å². The van der Waals surface area contributed by atoms with Gasteiger partial charge in [0.2, 0.25) is 5.95 Å². The standard InChI is InChI=1S/C17H19F2N3/c18-16-8-12-13(9-21-16)15-10-20-11-22(15)14(12)4-7-17(19)5-2-1-3-6-17/h8-11,14H,1-7H2. The summed E-state index contributed by atoms with van der Waals surface area (Å²) < 4.78 is 30.4. The number of imidazole rings is 1. The average Bonchev–Trinajstić information content (AvgIpc) is 3.07. The third-order valence-electron chi connectivity index (χ3n) is 5.15. The van der Waals surface area contributed by atoms with Crippen LogP contribution in [-0.4, -0.2) is 20.2 Å². The van der Waals surface area contributed by atoms with Crippen LogP contribution in [0.5, 0.6) is 0 Å². The predicted octanol–water partition coefficient (Wildman–Crippen LogP) is 4.44. The summed E-state index contributed by atoms with van der Waals surface area (Å²) in [6, 6.07) is 1.46. The number of rotatable bonds is 3. The van der Waals surface area contributed by atoms with Gasteiger partial charge in [-0.05, 0) is 37.3 Å². The summed E-state index contributed by atoms with van der Waals surface area (Å²) in [5.74, 6) is -0.477. The Morgan fingerprint density at radius 3 is 2.86 bits per heavy atom. The maximum absolute atomic E-state index is 14.9. The maximum Gasteiger partial charge on any atom is 0.213 e. The van der Waals surface area contributed by atoms with E-state index in [-0.39, 0.29) is 6.04 Å². The van der Waals surface area contributed by atoms with E-state index in [0.717, 1.165) is 36.1 Å². The number of nitrogens with zero attached hydrogens (tertiary/aromatic N) is 3. The molecule has 0 radical (unpaired) electrons. The van der Waals surface area contributed by atoms with Crippen molar-refractivity contribution in [3.05, 3.63) is 36.3 Å². The molecule has 22 heavy (non-hydrogen) atoms. The molecular weight excluding hydrogens is 284 g/mol. The maximum atomic E-state index is 14.9. The molecule has 1 aliphatic carbocycles. The number of pyridine rings is 1. The highest BCUT2D eigenvalue weighted by atomic mass is 19.1. The molecule has 0 saturated heterocycles. The van der Waals surface area contributed by atoms with Crippen LogP contribution in [0.1, 0.15) is 56.6 Å². The Bertz CT molecular complexity index is 689. The minimum Gasteiger partial charge on any atom is -0.323 e. The lowest BCUT2D eigenvalue weighted by Crippen LogP contribution is -2.27. The molecular formula is C17H19F2N3. The van der Waals surface area contributed by atoms with Crippen LogP contribution >= 0.6 is 0 Å². The van der Waals surface area contributed by atoms with Crippen molar-refractivity contribution < 1.29 is 8.78 Å². The quantitative estimate of drug-likeness (QED) is 0.785. The van der Waals surface area contributed by atoms with Crippen molar-refractivity contribution in [1.29, 1.82) is 0 Å². The fourth-order valence-corrected chi connectivity index (χ4v) is 3.97. The number of aromatic nitrogens is 3.